The van der Waals surface area contributed by atoms with Crippen LogP contribution in [0.1, 0.15) is 64.0 Å². The number of carboxylic acid groups (broad SMARTS) is 1. The van der Waals surface area contributed by atoms with Gasteiger partial charge < -0.3 is 5.11 Å². The summed E-state index contributed by atoms with van der Waals surface area (Å²) in [6, 6.07) is 6.00. The topological polar surface area (TPSA) is 37.3 Å². The van der Waals surface area contributed by atoms with Crippen molar-refractivity contribution in [1.82, 2.24) is 0 Å². The third-order valence-electron chi connectivity index (χ3n) is 3.80. The molecule has 0 amide bonds. The number of hydrogen-bond donors (Lipinski definition) is 1. The SMILES string of the molecule is CCC(CC)c1ccc(C(C)(C)CC(=O)O)cc1Cl. The van der Waals surface area contributed by atoms with Gasteiger partial charge in [0.1, 0.15) is 0 Å². The van der Waals surface area contributed by atoms with Crippen molar-refractivity contribution in [3.8, 4) is 0 Å². The summed E-state index contributed by atoms with van der Waals surface area (Å²) in [6.07, 6.45) is 2.23. The summed E-state index contributed by atoms with van der Waals surface area (Å²) < 4.78 is 0. The van der Waals surface area contributed by atoms with Gasteiger partial charge in [0.2, 0.25) is 0 Å². The maximum atomic E-state index is 10.9. The first kappa shape index (κ1) is 16.0. The van der Waals surface area contributed by atoms with Crippen molar-refractivity contribution in [2.24, 2.45) is 0 Å². The van der Waals surface area contributed by atoms with Gasteiger partial charge in [0.15, 0.2) is 0 Å². The number of benzene rings is 1. The van der Waals surface area contributed by atoms with E-state index in [1.165, 1.54) is 5.56 Å². The molecular formula is C16H23ClO2. The first-order valence-corrected chi connectivity index (χ1v) is 7.21. The van der Waals surface area contributed by atoms with Crippen LogP contribution in [0, 0.1) is 0 Å². The van der Waals surface area contributed by atoms with Gasteiger partial charge >= 0.3 is 5.97 Å². The van der Waals surface area contributed by atoms with Gasteiger partial charge in [-0.3, -0.25) is 4.79 Å². The van der Waals surface area contributed by atoms with Gasteiger partial charge in [-0.25, -0.2) is 0 Å². The zero-order valence-corrected chi connectivity index (χ0v) is 12.9. The van der Waals surface area contributed by atoms with Crippen LogP contribution in [0.15, 0.2) is 18.2 Å². The lowest BCUT2D eigenvalue weighted by Crippen LogP contribution is -2.21. The smallest absolute Gasteiger partial charge is 0.304 e. The Hall–Kier alpha value is -1.02. The Morgan fingerprint density at radius 2 is 1.89 bits per heavy atom. The molecule has 1 N–H and O–H groups in total. The van der Waals surface area contributed by atoms with Crippen molar-refractivity contribution < 1.29 is 9.90 Å². The molecule has 0 atom stereocenters. The lowest BCUT2D eigenvalue weighted by atomic mass is 9.80. The van der Waals surface area contributed by atoms with Crippen LogP contribution in [-0.2, 0) is 10.2 Å². The molecule has 106 valence electrons. The summed E-state index contributed by atoms with van der Waals surface area (Å²) in [5.41, 5.74) is 1.75. The molecule has 2 nitrogen and oxygen atoms in total. The second-order valence-electron chi connectivity index (χ2n) is 5.70. The highest BCUT2D eigenvalue weighted by Crippen LogP contribution is 2.34. The van der Waals surface area contributed by atoms with Crippen LogP contribution >= 0.6 is 11.6 Å². The van der Waals surface area contributed by atoms with E-state index in [4.69, 9.17) is 16.7 Å². The summed E-state index contributed by atoms with van der Waals surface area (Å²) >= 11 is 6.38. The third-order valence-corrected chi connectivity index (χ3v) is 4.13. The average molecular weight is 283 g/mol. The standard InChI is InChI=1S/C16H23ClO2/c1-5-11(6-2)13-8-7-12(9-14(13)17)16(3,4)10-15(18)19/h7-9,11H,5-6,10H2,1-4H3,(H,18,19). The second-order valence-corrected chi connectivity index (χ2v) is 6.11. The monoisotopic (exact) mass is 282 g/mol. The minimum Gasteiger partial charge on any atom is -0.481 e. The largest absolute Gasteiger partial charge is 0.481 e. The Kier molecular flexibility index (Phi) is 5.42. The predicted octanol–water partition coefficient (Wildman–Crippen LogP) is 5.00. The summed E-state index contributed by atoms with van der Waals surface area (Å²) in [4.78, 5) is 10.9. The third kappa shape index (κ3) is 3.97. The van der Waals surface area contributed by atoms with E-state index < -0.39 is 11.4 Å². The van der Waals surface area contributed by atoms with Gasteiger partial charge in [-0.1, -0.05) is 51.4 Å². The molecule has 1 aromatic carbocycles. The van der Waals surface area contributed by atoms with E-state index in [9.17, 15) is 4.79 Å². The molecule has 1 aromatic rings. The highest BCUT2D eigenvalue weighted by Gasteiger charge is 2.25. The number of hydrogen-bond acceptors (Lipinski definition) is 1. The Bertz CT molecular complexity index is 448. The summed E-state index contributed by atoms with van der Waals surface area (Å²) in [7, 11) is 0. The Balaban J connectivity index is 3.08. The molecule has 0 fully saturated rings. The van der Waals surface area contributed by atoms with E-state index in [-0.39, 0.29) is 6.42 Å². The van der Waals surface area contributed by atoms with Crippen molar-refractivity contribution in [3.05, 3.63) is 34.3 Å². The highest BCUT2D eigenvalue weighted by atomic mass is 35.5. The van der Waals surface area contributed by atoms with E-state index in [1.54, 1.807) is 0 Å². The molecule has 0 aliphatic carbocycles. The molecule has 0 bridgehead atoms. The van der Waals surface area contributed by atoms with Crippen LogP contribution < -0.4 is 0 Å². The fraction of sp³-hybridized carbons (Fsp3) is 0.562. The average Bonchev–Trinajstić information content (AvgIpc) is 2.30. The zero-order chi connectivity index (χ0) is 14.6. The van der Waals surface area contributed by atoms with Crippen LogP contribution in [0.4, 0.5) is 0 Å². The maximum absolute atomic E-state index is 10.9. The van der Waals surface area contributed by atoms with Crippen molar-refractivity contribution in [1.29, 1.82) is 0 Å². The molecule has 1 rings (SSSR count). The van der Waals surface area contributed by atoms with Crippen LogP contribution in [0.5, 0.6) is 0 Å². The van der Waals surface area contributed by atoms with Gasteiger partial charge in [0.05, 0.1) is 6.42 Å². The Labute approximate surface area is 120 Å². The van der Waals surface area contributed by atoms with Crippen molar-refractivity contribution in [2.75, 3.05) is 0 Å². The lowest BCUT2D eigenvalue weighted by molar-refractivity contribution is -0.138. The van der Waals surface area contributed by atoms with Crippen molar-refractivity contribution in [3.63, 3.8) is 0 Å². The molecule has 0 aromatic heterocycles. The number of aliphatic carboxylic acids is 1. The van der Waals surface area contributed by atoms with Crippen molar-refractivity contribution >= 4 is 17.6 Å². The summed E-state index contributed by atoms with van der Waals surface area (Å²) in [5.74, 6) is -0.311. The molecule has 0 radical (unpaired) electrons. The van der Waals surface area contributed by atoms with Gasteiger partial charge in [-0.15, -0.1) is 0 Å². The summed E-state index contributed by atoms with van der Waals surface area (Å²) in [5, 5.41) is 9.72. The highest BCUT2D eigenvalue weighted by molar-refractivity contribution is 6.31. The number of carboxylic acids is 1. The van der Waals surface area contributed by atoms with Gasteiger partial charge in [0.25, 0.3) is 0 Å². The molecule has 0 saturated heterocycles. The Morgan fingerprint density at radius 1 is 1.32 bits per heavy atom. The van der Waals surface area contributed by atoms with E-state index in [1.807, 2.05) is 26.0 Å². The molecule has 0 unspecified atom stereocenters. The second kappa shape index (κ2) is 6.42. The number of halogens is 1. The normalized spacial score (nSPS) is 11.9. The minimum atomic E-state index is -0.787. The predicted molar refractivity (Wildman–Crippen MR) is 80.1 cm³/mol. The Morgan fingerprint density at radius 3 is 2.32 bits per heavy atom. The van der Waals surface area contributed by atoms with E-state index >= 15 is 0 Å². The van der Waals surface area contributed by atoms with Crippen LogP contribution in [0.2, 0.25) is 5.02 Å². The molecule has 3 heteroatoms. The maximum Gasteiger partial charge on any atom is 0.304 e. The summed E-state index contributed by atoms with van der Waals surface area (Å²) in [6.45, 7) is 8.19. The van der Waals surface area contributed by atoms with Crippen LogP contribution in [-0.4, -0.2) is 11.1 Å². The molecule has 0 spiro atoms. The lowest BCUT2D eigenvalue weighted by Gasteiger charge is -2.25. The number of carbonyl (C=O) groups is 1. The van der Waals surface area contributed by atoms with Gasteiger partial charge in [-0.05, 0) is 36.0 Å². The van der Waals surface area contributed by atoms with E-state index in [2.05, 4.69) is 19.9 Å². The molecule has 19 heavy (non-hydrogen) atoms. The van der Waals surface area contributed by atoms with Crippen molar-refractivity contribution in [2.45, 2.75) is 58.3 Å². The molecule has 0 aliphatic rings. The van der Waals surface area contributed by atoms with Crippen LogP contribution in [0.3, 0.4) is 0 Å². The fourth-order valence-electron chi connectivity index (χ4n) is 2.49. The van der Waals surface area contributed by atoms with E-state index in [0.29, 0.717) is 5.92 Å². The van der Waals surface area contributed by atoms with Gasteiger partial charge in [0, 0.05) is 10.4 Å². The molecular weight excluding hydrogens is 260 g/mol. The fourth-order valence-corrected chi connectivity index (χ4v) is 2.82. The quantitative estimate of drug-likeness (QED) is 0.797. The molecule has 0 saturated carbocycles. The molecule has 0 heterocycles. The minimum absolute atomic E-state index is 0.105. The molecule has 0 aliphatic heterocycles. The first-order valence-electron chi connectivity index (χ1n) is 6.83. The van der Waals surface area contributed by atoms with Gasteiger partial charge in [-0.2, -0.15) is 0 Å². The zero-order valence-electron chi connectivity index (χ0n) is 12.2. The van der Waals surface area contributed by atoms with Crippen LogP contribution in [0.25, 0.3) is 0 Å². The first-order chi connectivity index (χ1) is 8.81. The number of rotatable bonds is 6. The van der Waals surface area contributed by atoms with E-state index in [0.717, 1.165) is 23.4 Å².